The van der Waals surface area contributed by atoms with Crippen LogP contribution in [0.4, 0.5) is 0 Å². The number of carbonyl (C=O) groups is 1. The highest BCUT2D eigenvalue weighted by Crippen LogP contribution is 2.34. The summed E-state index contributed by atoms with van der Waals surface area (Å²) in [7, 11) is 1.90. The number of aromatic amines is 1. The minimum atomic E-state index is 0.100. The lowest BCUT2D eigenvalue weighted by molar-refractivity contribution is -0.129. The van der Waals surface area contributed by atoms with E-state index in [0.29, 0.717) is 21.6 Å². The number of nitrogens with zero attached hydrogens (tertiary/aromatic N) is 3. The number of halogens is 1. The Morgan fingerprint density at radius 3 is 3.15 bits per heavy atom. The van der Waals surface area contributed by atoms with Crippen molar-refractivity contribution in [3.63, 3.8) is 0 Å². The molecule has 0 saturated heterocycles. The zero-order valence-corrected chi connectivity index (χ0v) is 16.0. The van der Waals surface area contributed by atoms with Crippen LogP contribution in [0.3, 0.4) is 0 Å². The van der Waals surface area contributed by atoms with E-state index in [2.05, 4.69) is 39.2 Å². The number of amides is 1. The van der Waals surface area contributed by atoms with Crippen molar-refractivity contribution in [2.75, 3.05) is 12.8 Å². The Kier molecular flexibility index (Phi) is 4.87. The first-order valence-corrected chi connectivity index (χ1v) is 9.95. The van der Waals surface area contributed by atoms with Crippen LogP contribution in [0.15, 0.2) is 41.7 Å². The number of hydrogen-bond donors (Lipinski definition) is 1. The normalized spacial score (nSPS) is 16.5. The standard InChI is InChI=1S/C19H19ClN4OS/c1-24(16-8-4-6-12-5-2-3-7-14(12)16)17(25)11-26-19-22-15-9-13(20)10-21-18(15)23-19/h2-3,5,7,9-10,16H,4,6,8,11H2,1H3,(H,21,22,23)/t16-/m0/s1. The SMILES string of the molecule is CN(C(=O)CSc1nc2ncc(Cl)cc2[nH]1)[C@H]1CCCc2ccccc21. The number of H-pyrrole nitrogens is 1. The molecule has 2 aromatic heterocycles. The van der Waals surface area contributed by atoms with Crippen molar-refractivity contribution in [2.45, 2.75) is 30.5 Å². The van der Waals surface area contributed by atoms with E-state index < -0.39 is 0 Å². The number of fused-ring (bicyclic) bond motifs is 2. The summed E-state index contributed by atoms with van der Waals surface area (Å²) in [6, 6.07) is 10.4. The molecule has 7 heteroatoms. The second-order valence-electron chi connectivity index (χ2n) is 6.47. The van der Waals surface area contributed by atoms with Crippen molar-refractivity contribution in [1.29, 1.82) is 0 Å². The highest BCUT2D eigenvalue weighted by atomic mass is 35.5. The van der Waals surface area contributed by atoms with Gasteiger partial charge in [-0.05, 0) is 36.5 Å². The van der Waals surface area contributed by atoms with Crippen LogP contribution in [-0.4, -0.2) is 38.6 Å². The van der Waals surface area contributed by atoms with Gasteiger partial charge in [-0.25, -0.2) is 9.97 Å². The first kappa shape index (κ1) is 17.4. The number of pyridine rings is 1. The number of hydrogen-bond acceptors (Lipinski definition) is 4. The molecular formula is C19H19ClN4OS. The molecule has 1 N–H and O–H groups in total. The molecule has 5 nitrogen and oxygen atoms in total. The second kappa shape index (κ2) is 7.29. The number of carbonyl (C=O) groups excluding carboxylic acids is 1. The third-order valence-corrected chi connectivity index (χ3v) is 5.88. The summed E-state index contributed by atoms with van der Waals surface area (Å²) < 4.78 is 0. The van der Waals surface area contributed by atoms with Gasteiger partial charge in [0.05, 0.1) is 22.3 Å². The van der Waals surface area contributed by atoms with Crippen molar-refractivity contribution in [2.24, 2.45) is 0 Å². The van der Waals surface area contributed by atoms with Crippen molar-refractivity contribution < 1.29 is 4.79 Å². The largest absolute Gasteiger partial charge is 0.338 e. The first-order valence-electron chi connectivity index (χ1n) is 8.59. The van der Waals surface area contributed by atoms with Crippen LogP contribution in [0.2, 0.25) is 5.02 Å². The maximum Gasteiger partial charge on any atom is 0.233 e. The number of imidazole rings is 1. The van der Waals surface area contributed by atoms with Crippen LogP contribution in [0.1, 0.15) is 30.0 Å². The van der Waals surface area contributed by atoms with Gasteiger partial charge in [-0.3, -0.25) is 4.79 Å². The smallest absolute Gasteiger partial charge is 0.233 e. The molecule has 26 heavy (non-hydrogen) atoms. The monoisotopic (exact) mass is 386 g/mol. The van der Waals surface area contributed by atoms with Crippen LogP contribution in [0.5, 0.6) is 0 Å². The molecule has 0 fully saturated rings. The molecule has 1 aromatic carbocycles. The van der Waals surface area contributed by atoms with Gasteiger partial charge in [0.15, 0.2) is 10.8 Å². The summed E-state index contributed by atoms with van der Waals surface area (Å²) in [5.41, 5.74) is 4.03. The van der Waals surface area contributed by atoms with E-state index >= 15 is 0 Å². The van der Waals surface area contributed by atoms with Crippen molar-refractivity contribution in [3.8, 4) is 0 Å². The molecular weight excluding hydrogens is 368 g/mol. The lowest BCUT2D eigenvalue weighted by Crippen LogP contribution is -2.34. The van der Waals surface area contributed by atoms with Crippen LogP contribution < -0.4 is 0 Å². The predicted molar refractivity (Wildman–Crippen MR) is 105 cm³/mol. The number of aromatic nitrogens is 3. The van der Waals surface area contributed by atoms with E-state index in [-0.39, 0.29) is 11.9 Å². The number of nitrogens with one attached hydrogen (secondary N) is 1. The van der Waals surface area contributed by atoms with Gasteiger partial charge < -0.3 is 9.88 Å². The number of rotatable bonds is 4. The summed E-state index contributed by atoms with van der Waals surface area (Å²) in [5.74, 6) is 0.436. The van der Waals surface area contributed by atoms with E-state index in [4.69, 9.17) is 11.6 Å². The molecule has 134 valence electrons. The van der Waals surface area contributed by atoms with Gasteiger partial charge in [0.2, 0.25) is 5.91 Å². The number of aryl methyl sites for hydroxylation is 1. The van der Waals surface area contributed by atoms with Crippen LogP contribution in [0.25, 0.3) is 11.2 Å². The van der Waals surface area contributed by atoms with E-state index in [1.165, 1.54) is 22.9 Å². The molecule has 0 radical (unpaired) electrons. The lowest BCUT2D eigenvalue weighted by atomic mass is 9.87. The van der Waals surface area contributed by atoms with E-state index in [1.807, 2.05) is 11.9 Å². The zero-order chi connectivity index (χ0) is 18.1. The predicted octanol–water partition coefficient (Wildman–Crippen LogP) is 4.24. The minimum absolute atomic E-state index is 0.100. The van der Waals surface area contributed by atoms with Gasteiger partial charge in [0.25, 0.3) is 0 Å². The highest BCUT2D eigenvalue weighted by molar-refractivity contribution is 7.99. The quantitative estimate of drug-likeness (QED) is 0.681. The Morgan fingerprint density at radius 1 is 1.42 bits per heavy atom. The molecule has 0 spiro atoms. The van der Waals surface area contributed by atoms with Crippen molar-refractivity contribution in [1.82, 2.24) is 19.9 Å². The summed E-state index contributed by atoms with van der Waals surface area (Å²) in [4.78, 5) is 26.3. The van der Waals surface area contributed by atoms with Gasteiger partial charge in [0, 0.05) is 13.2 Å². The summed E-state index contributed by atoms with van der Waals surface area (Å²) >= 11 is 7.34. The molecule has 0 unspecified atom stereocenters. The Morgan fingerprint density at radius 2 is 2.27 bits per heavy atom. The Labute approximate surface area is 161 Å². The molecule has 1 amide bonds. The maximum absolute atomic E-state index is 12.7. The number of benzene rings is 1. The molecule has 4 rings (SSSR count). The number of thioether (sulfide) groups is 1. The second-order valence-corrected chi connectivity index (χ2v) is 7.87. The Hall–Kier alpha value is -2.05. The van der Waals surface area contributed by atoms with E-state index in [1.54, 1.807) is 12.3 Å². The van der Waals surface area contributed by atoms with Gasteiger partial charge in [0.1, 0.15) is 0 Å². The average Bonchev–Trinajstić information content (AvgIpc) is 3.07. The highest BCUT2D eigenvalue weighted by Gasteiger charge is 2.26. The fraction of sp³-hybridized carbons (Fsp3) is 0.316. The van der Waals surface area contributed by atoms with Crippen LogP contribution in [0, 0.1) is 0 Å². The summed E-state index contributed by atoms with van der Waals surface area (Å²) in [5, 5.41) is 1.24. The fourth-order valence-corrected chi connectivity index (χ4v) is 4.41. The average molecular weight is 387 g/mol. The molecule has 1 aliphatic rings. The first-order chi connectivity index (χ1) is 12.6. The molecule has 0 bridgehead atoms. The Balaban J connectivity index is 1.44. The summed E-state index contributed by atoms with van der Waals surface area (Å²) in [6.45, 7) is 0. The van der Waals surface area contributed by atoms with Gasteiger partial charge in [-0.2, -0.15) is 0 Å². The van der Waals surface area contributed by atoms with E-state index in [0.717, 1.165) is 24.8 Å². The summed E-state index contributed by atoms with van der Waals surface area (Å²) in [6.07, 6.45) is 4.79. The van der Waals surface area contributed by atoms with Crippen molar-refractivity contribution >= 4 is 40.4 Å². The topological polar surface area (TPSA) is 61.9 Å². The van der Waals surface area contributed by atoms with Crippen LogP contribution in [-0.2, 0) is 11.2 Å². The maximum atomic E-state index is 12.7. The van der Waals surface area contributed by atoms with Crippen LogP contribution >= 0.6 is 23.4 Å². The molecule has 0 saturated carbocycles. The molecule has 3 aromatic rings. The molecule has 1 aliphatic carbocycles. The third-order valence-electron chi connectivity index (χ3n) is 4.81. The Bertz CT molecular complexity index is 958. The zero-order valence-electron chi connectivity index (χ0n) is 14.4. The molecule has 1 atom stereocenters. The molecule has 0 aliphatic heterocycles. The minimum Gasteiger partial charge on any atom is -0.338 e. The van der Waals surface area contributed by atoms with Gasteiger partial charge in [-0.15, -0.1) is 0 Å². The molecule has 2 heterocycles. The van der Waals surface area contributed by atoms with Gasteiger partial charge in [-0.1, -0.05) is 47.6 Å². The third kappa shape index (κ3) is 3.44. The van der Waals surface area contributed by atoms with Gasteiger partial charge >= 0.3 is 0 Å². The van der Waals surface area contributed by atoms with Crippen molar-refractivity contribution in [3.05, 3.63) is 52.7 Å². The lowest BCUT2D eigenvalue weighted by Gasteiger charge is -2.33. The van der Waals surface area contributed by atoms with E-state index in [9.17, 15) is 4.79 Å². The fourth-order valence-electron chi connectivity index (χ4n) is 3.46.